The van der Waals surface area contributed by atoms with Gasteiger partial charge in [-0.05, 0) is 31.0 Å². The molecule has 102 valence electrons. The van der Waals surface area contributed by atoms with Crippen LogP contribution in [-0.4, -0.2) is 31.0 Å². The molecule has 6 heteroatoms. The Morgan fingerprint density at radius 3 is 3.00 bits per heavy atom. The molecule has 0 aromatic heterocycles. The number of hydrogen-bond acceptors (Lipinski definition) is 4. The molecule has 1 aliphatic heterocycles. The van der Waals surface area contributed by atoms with Gasteiger partial charge in [0.2, 0.25) is 5.91 Å². The van der Waals surface area contributed by atoms with Gasteiger partial charge in [-0.25, -0.2) is 0 Å². The van der Waals surface area contributed by atoms with Gasteiger partial charge in [0.05, 0.1) is 11.7 Å². The Kier molecular flexibility index (Phi) is 3.71. The van der Waals surface area contributed by atoms with Gasteiger partial charge in [-0.3, -0.25) is 9.59 Å². The Bertz CT molecular complexity index is 516. The number of carbonyl (C=O) groups is 2. The number of likely N-dealkylation sites (N-methyl/N-ethyl adjacent to an activating group) is 1. The van der Waals surface area contributed by atoms with Gasteiger partial charge in [0.25, 0.3) is 5.91 Å². The first kappa shape index (κ1) is 13.4. The zero-order valence-corrected chi connectivity index (χ0v) is 10.9. The second-order valence-electron chi connectivity index (χ2n) is 4.50. The monoisotopic (exact) mass is 263 g/mol. The molecule has 1 aromatic carbocycles. The maximum Gasteiger partial charge on any atom is 0.265 e. The van der Waals surface area contributed by atoms with Crippen LogP contribution in [0.3, 0.4) is 0 Å². The molecule has 6 nitrogen and oxygen atoms in total. The third kappa shape index (κ3) is 2.85. The highest BCUT2D eigenvalue weighted by Gasteiger charge is 2.23. The maximum absolute atomic E-state index is 11.5. The minimum atomic E-state index is -0.609. The number of benzene rings is 1. The predicted molar refractivity (Wildman–Crippen MR) is 70.9 cm³/mol. The predicted octanol–water partition coefficient (Wildman–Crippen LogP) is 0.0218. The van der Waals surface area contributed by atoms with Crippen LogP contribution in [0.4, 0.5) is 5.69 Å². The maximum atomic E-state index is 11.5. The van der Waals surface area contributed by atoms with Gasteiger partial charge in [0, 0.05) is 7.05 Å². The zero-order chi connectivity index (χ0) is 14.0. The van der Waals surface area contributed by atoms with Crippen molar-refractivity contribution in [3.05, 3.63) is 23.8 Å². The van der Waals surface area contributed by atoms with Crippen LogP contribution in [-0.2, 0) is 16.0 Å². The minimum Gasteiger partial charge on any atom is -0.479 e. The fourth-order valence-electron chi connectivity index (χ4n) is 1.91. The van der Waals surface area contributed by atoms with Crippen LogP contribution >= 0.6 is 0 Å². The van der Waals surface area contributed by atoms with Crippen molar-refractivity contribution >= 4 is 17.5 Å². The lowest BCUT2D eigenvalue weighted by Gasteiger charge is -2.24. The van der Waals surface area contributed by atoms with E-state index in [4.69, 9.17) is 10.5 Å². The van der Waals surface area contributed by atoms with Crippen molar-refractivity contribution in [3.8, 4) is 5.75 Å². The average molecular weight is 263 g/mol. The molecule has 2 unspecified atom stereocenters. The number of nitrogens with one attached hydrogen (secondary N) is 2. The summed E-state index contributed by atoms with van der Waals surface area (Å²) in [6.07, 6.45) is -0.0928. The van der Waals surface area contributed by atoms with Crippen LogP contribution in [0.15, 0.2) is 18.2 Å². The summed E-state index contributed by atoms with van der Waals surface area (Å²) < 4.78 is 5.45. The lowest BCUT2D eigenvalue weighted by atomic mass is 10.0. The number of amides is 2. The first-order chi connectivity index (χ1) is 9.01. The summed E-state index contributed by atoms with van der Waals surface area (Å²) in [5, 5.41) is 5.26. The SMILES string of the molecule is CNC(=O)C(N)Cc1ccc2c(c1)NC(=O)C(C)O2. The molecule has 0 radical (unpaired) electrons. The molecule has 19 heavy (non-hydrogen) atoms. The van der Waals surface area contributed by atoms with E-state index >= 15 is 0 Å². The molecule has 2 amide bonds. The Labute approximate surface area is 111 Å². The van der Waals surface area contributed by atoms with E-state index in [1.165, 1.54) is 0 Å². The van der Waals surface area contributed by atoms with Crippen LogP contribution in [0.2, 0.25) is 0 Å². The third-order valence-corrected chi connectivity index (χ3v) is 3.01. The smallest absolute Gasteiger partial charge is 0.265 e. The highest BCUT2D eigenvalue weighted by atomic mass is 16.5. The van der Waals surface area contributed by atoms with E-state index in [1.807, 2.05) is 6.07 Å². The van der Waals surface area contributed by atoms with Crippen LogP contribution in [0.1, 0.15) is 12.5 Å². The summed E-state index contributed by atoms with van der Waals surface area (Å²) in [5.41, 5.74) is 7.24. The first-order valence-electron chi connectivity index (χ1n) is 6.09. The molecule has 0 saturated heterocycles. The van der Waals surface area contributed by atoms with Crippen LogP contribution < -0.4 is 21.1 Å². The molecule has 2 rings (SSSR count). The summed E-state index contributed by atoms with van der Waals surface area (Å²) in [6, 6.07) is 4.78. The fraction of sp³-hybridized carbons (Fsp3) is 0.385. The summed E-state index contributed by atoms with van der Waals surface area (Å²) in [7, 11) is 1.55. The number of hydrogen-bond donors (Lipinski definition) is 3. The van der Waals surface area contributed by atoms with E-state index in [0.717, 1.165) is 5.56 Å². The number of nitrogens with two attached hydrogens (primary N) is 1. The molecule has 4 N–H and O–H groups in total. The van der Waals surface area contributed by atoms with Crippen LogP contribution in [0.5, 0.6) is 5.75 Å². The molecule has 0 spiro atoms. The summed E-state index contributed by atoms with van der Waals surface area (Å²) in [6.45, 7) is 1.69. The number of fused-ring (bicyclic) bond motifs is 1. The van der Waals surface area contributed by atoms with Crippen molar-refractivity contribution < 1.29 is 14.3 Å². The van der Waals surface area contributed by atoms with E-state index in [1.54, 1.807) is 26.1 Å². The van der Waals surface area contributed by atoms with Crippen molar-refractivity contribution in [1.29, 1.82) is 0 Å². The highest BCUT2D eigenvalue weighted by Crippen LogP contribution is 2.30. The topological polar surface area (TPSA) is 93.5 Å². The van der Waals surface area contributed by atoms with Crippen molar-refractivity contribution in [2.75, 3.05) is 12.4 Å². The van der Waals surface area contributed by atoms with Gasteiger partial charge in [0.1, 0.15) is 5.75 Å². The number of rotatable bonds is 3. The Morgan fingerprint density at radius 1 is 1.58 bits per heavy atom. The second kappa shape index (κ2) is 5.27. The van der Waals surface area contributed by atoms with Crippen molar-refractivity contribution in [1.82, 2.24) is 5.32 Å². The normalized spacial score (nSPS) is 18.9. The Morgan fingerprint density at radius 2 is 2.32 bits per heavy atom. The molecule has 0 aliphatic carbocycles. The third-order valence-electron chi connectivity index (χ3n) is 3.01. The van der Waals surface area contributed by atoms with Crippen molar-refractivity contribution in [3.63, 3.8) is 0 Å². The minimum absolute atomic E-state index is 0.180. The second-order valence-corrected chi connectivity index (χ2v) is 4.50. The van der Waals surface area contributed by atoms with E-state index in [-0.39, 0.29) is 11.8 Å². The molecular weight excluding hydrogens is 246 g/mol. The van der Waals surface area contributed by atoms with E-state index < -0.39 is 12.1 Å². The largest absolute Gasteiger partial charge is 0.479 e. The van der Waals surface area contributed by atoms with Gasteiger partial charge in [-0.15, -0.1) is 0 Å². The lowest BCUT2D eigenvalue weighted by Crippen LogP contribution is -2.40. The zero-order valence-electron chi connectivity index (χ0n) is 10.9. The van der Waals surface area contributed by atoms with E-state index in [0.29, 0.717) is 17.9 Å². The Balaban J connectivity index is 2.15. The standard InChI is InChI=1S/C13H17N3O3/c1-7-12(17)16-10-6-8(3-4-11(10)19-7)5-9(14)13(18)15-2/h3-4,6-7,9H,5,14H2,1-2H3,(H,15,18)(H,16,17). The average Bonchev–Trinajstić information content (AvgIpc) is 2.39. The molecule has 1 aromatic rings. The quantitative estimate of drug-likeness (QED) is 0.716. The van der Waals surface area contributed by atoms with Crippen LogP contribution in [0.25, 0.3) is 0 Å². The van der Waals surface area contributed by atoms with Gasteiger partial charge in [-0.1, -0.05) is 6.07 Å². The molecule has 0 saturated carbocycles. The van der Waals surface area contributed by atoms with Gasteiger partial charge in [0.15, 0.2) is 6.10 Å². The first-order valence-corrected chi connectivity index (χ1v) is 6.09. The van der Waals surface area contributed by atoms with Crippen molar-refractivity contribution in [2.45, 2.75) is 25.5 Å². The molecule has 1 aliphatic rings. The summed E-state index contributed by atoms with van der Waals surface area (Å²) in [5.74, 6) is 0.233. The van der Waals surface area contributed by atoms with E-state index in [9.17, 15) is 9.59 Å². The van der Waals surface area contributed by atoms with E-state index in [2.05, 4.69) is 10.6 Å². The Hall–Kier alpha value is -2.08. The fourth-order valence-corrected chi connectivity index (χ4v) is 1.91. The number of anilines is 1. The lowest BCUT2D eigenvalue weighted by molar-refractivity contribution is -0.123. The number of ether oxygens (including phenoxy) is 1. The summed E-state index contributed by atoms with van der Waals surface area (Å²) >= 11 is 0. The van der Waals surface area contributed by atoms with Crippen LogP contribution in [0, 0.1) is 0 Å². The van der Waals surface area contributed by atoms with Gasteiger partial charge >= 0.3 is 0 Å². The van der Waals surface area contributed by atoms with Gasteiger partial charge < -0.3 is 21.1 Å². The molecule has 1 heterocycles. The molecule has 0 fully saturated rings. The molecule has 2 atom stereocenters. The summed E-state index contributed by atoms with van der Waals surface area (Å²) in [4.78, 5) is 22.9. The molecule has 0 bridgehead atoms. The highest BCUT2D eigenvalue weighted by molar-refractivity contribution is 5.97. The molecular formula is C13H17N3O3. The van der Waals surface area contributed by atoms with Crippen molar-refractivity contribution in [2.24, 2.45) is 5.73 Å². The van der Waals surface area contributed by atoms with Gasteiger partial charge in [-0.2, -0.15) is 0 Å². The number of carbonyl (C=O) groups excluding carboxylic acids is 2.